The Bertz CT molecular complexity index is 368. The van der Waals surface area contributed by atoms with E-state index in [4.69, 9.17) is 0 Å². The number of imidazole rings is 1. The second-order valence-electron chi connectivity index (χ2n) is 4.94. The van der Waals surface area contributed by atoms with Crippen LogP contribution in [0.4, 0.5) is 0 Å². The van der Waals surface area contributed by atoms with Crippen molar-refractivity contribution in [2.75, 3.05) is 5.43 Å². The summed E-state index contributed by atoms with van der Waals surface area (Å²) in [5.74, 6) is 0.989. The third-order valence-electron chi connectivity index (χ3n) is 2.50. The molecule has 0 saturated heterocycles. The lowest BCUT2D eigenvalue weighted by Crippen LogP contribution is -2.39. The van der Waals surface area contributed by atoms with Gasteiger partial charge in [-0.05, 0) is 18.4 Å². The van der Waals surface area contributed by atoms with E-state index in [1.165, 1.54) is 0 Å². The van der Waals surface area contributed by atoms with E-state index in [2.05, 4.69) is 43.3 Å². The molecule has 0 aromatic carbocycles. The summed E-state index contributed by atoms with van der Waals surface area (Å²) in [6, 6.07) is 0.364. The lowest BCUT2D eigenvalue weighted by Gasteiger charge is -2.32. The largest absolute Gasteiger partial charge is 0.317 e. The van der Waals surface area contributed by atoms with Gasteiger partial charge < -0.3 is 5.43 Å². The summed E-state index contributed by atoms with van der Waals surface area (Å²) in [5, 5.41) is 0. The number of fused-ring (bicyclic) bond motifs is 1. The van der Waals surface area contributed by atoms with E-state index >= 15 is 0 Å². The highest BCUT2D eigenvalue weighted by atomic mass is 15.4. The fourth-order valence-electron chi connectivity index (χ4n) is 1.59. The molecule has 1 aliphatic rings. The van der Waals surface area contributed by atoms with Gasteiger partial charge >= 0.3 is 0 Å². The zero-order chi connectivity index (χ0) is 10.3. The summed E-state index contributed by atoms with van der Waals surface area (Å²) in [4.78, 5) is 4.38. The summed E-state index contributed by atoms with van der Waals surface area (Å²) in [6.07, 6.45) is 6.29. The zero-order valence-corrected chi connectivity index (χ0v) is 9.20. The number of rotatable bonds is 0. The SMILES string of the molecule is Cc1cn2c(n1)C=CC(C(C)(C)C)N2. The second kappa shape index (κ2) is 2.87. The second-order valence-corrected chi connectivity index (χ2v) is 4.94. The maximum absolute atomic E-state index is 4.38. The summed E-state index contributed by atoms with van der Waals surface area (Å²) in [6.45, 7) is 8.68. The van der Waals surface area contributed by atoms with Gasteiger partial charge in [0.2, 0.25) is 0 Å². The molecule has 1 aromatic heterocycles. The first-order valence-corrected chi connectivity index (χ1v) is 4.97. The molecule has 0 bridgehead atoms. The van der Waals surface area contributed by atoms with Crippen LogP contribution in [0.25, 0.3) is 6.08 Å². The van der Waals surface area contributed by atoms with Gasteiger partial charge in [0.25, 0.3) is 0 Å². The standard InChI is InChI=1S/C11H17N3/c1-8-7-14-10(12-8)6-5-9(13-14)11(2,3)4/h5-7,9,13H,1-4H3. The molecule has 3 nitrogen and oxygen atoms in total. The lowest BCUT2D eigenvalue weighted by molar-refractivity contribution is 0.364. The molecule has 3 heteroatoms. The van der Waals surface area contributed by atoms with Gasteiger partial charge in [-0.2, -0.15) is 0 Å². The number of hydrogen-bond acceptors (Lipinski definition) is 2. The van der Waals surface area contributed by atoms with Crippen LogP contribution in [-0.4, -0.2) is 15.7 Å². The van der Waals surface area contributed by atoms with Crippen molar-refractivity contribution in [3.05, 3.63) is 23.8 Å². The van der Waals surface area contributed by atoms with E-state index in [0.29, 0.717) is 6.04 Å². The Morgan fingerprint density at radius 2 is 2.14 bits per heavy atom. The van der Waals surface area contributed by atoms with Crippen molar-refractivity contribution in [2.24, 2.45) is 5.41 Å². The molecule has 0 fully saturated rings. The Labute approximate surface area is 84.8 Å². The third-order valence-corrected chi connectivity index (χ3v) is 2.50. The maximum Gasteiger partial charge on any atom is 0.151 e. The van der Waals surface area contributed by atoms with Crippen LogP contribution in [0.5, 0.6) is 0 Å². The Morgan fingerprint density at radius 3 is 2.79 bits per heavy atom. The monoisotopic (exact) mass is 191 g/mol. The summed E-state index contributed by atoms with van der Waals surface area (Å²) < 4.78 is 2.01. The molecule has 0 radical (unpaired) electrons. The fraction of sp³-hybridized carbons (Fsp3) is 0.545. The van der Waals surface area contributed by atoms with Crippen molar-refractivity contribution in [3.63, 3.8) is 0 Å². The average molecular weight is 191 g/mol. The lowest BCUT2D eigenvalue weighted by atomic mass is 9.86. The molecule has 0 amide bonds. The molecule has 2 rings (SSSR count). The first kappa shape index (κ1) is 9.31. The molecule has 1 atom stereocenters. The van der Waals surface area contributed by atoms with Gasteiger partial charge in [0, 0.05) is 6.20 Å². The van der Waals surface area contributed by atoms with Gasteiger partial charge in [-0.25, -0.2) is 9.66 Å². The van der Waals surface area contributed by atoms with Gasteiger partial charge in [0.1, 0.15) is 0 Å². The summed E-state index contributed by atoms with van der Waals surface area (Å²) in [5.41, 5.74) is 4.70. The minimum Gasteiger partial charge on any atom is -0.317 e. The highest BCUT2D eigenvalue weighted by molar-refractivity contribution is 5.46. The molecular formula is C11H17N3. The smallest absolute Gasteiger partial charge is 0.151 e. The molecule has 1 unspecified atom stereocenters. The van der Waals surface area contributed by atoms with Crippen molar-refractivity contribution in [1.82, 2.24) is 9.66 Å². The van der Waals surface area contributed by atoms with Crippen molar-refractivity contribution >= 4 is 6.08 Å². The van der Waals surface area contributed by atoms with Crippen LogP contribution >= 0.6 is 0 Å². The van der Waals surface area contributed by atoms with Gasteiger partial charge in [-0.3, -0.25) is 0 Å². The molecule has 0 aliphatic carbocycles. The predicted octanol–water partition coefficient (Wildman–Crippen LogP) is 2.18. The summed E-state index contributed by atoms with van der Waals surface area (Å²) >= 11 is 0. The quantitative estimate of drug-likeness (QED) is 0.681. The van der Waals surface area contributed by atoms with Gasteiger partial charge in [-0.1, -0.05) is 26.8 Å². The highest BCUT2D eigenvalue weighted by Gasteiger charge is 2.25. The molecule has 0 spiro atoms. The maximum atomic E-state index is 4.38. The molecule has 1 N–H and O–H groups in total. The molecule has 14 heavy (non-hydrogen) atoms. The zero-order valence-electron chi connectivity index (χ0n) is 9.20. The first-order valence-electron chi connectivity index (χ1n) is 4.97. The topological polar surface area (TPSA) is 29.9 Å². The average Bonchev–Trinajstić information content (AvgIpc) is 2.41. The van der Waals surface area contributed by atoms with E-state index in [1.807, 2.05) is 17.8 Å². The molecule has 76 valence electrons. The summed E-state index contributed by atoms with van der Waals surface area (Å²) in [7, 11) is 0. The van der Waals surface area contributed by atoms with Crippen LogP contribution < -0.4 is 5.43 Å². The Kier molecular flexibility index (Phi) is 1.91. The van der Waals surface area contributed by atoms with Crippen molar-refractivity contribution in [1.29, 1.82) is 0 Å². The minimum atomic E-state index is 0.229. The number of nitrogens with zero attached hydrogens (tertiary/aromatic N) is 2. The minimum absolute atomic E-state index is 0.229. The van der Waals surface area contributed by atoms with Crippen molar-refractivity contribution in [2.45, 2.75) is 33.7 Å². The van der Waals surface area contributed by atoms with Crippen molar-refractivity contribution < 1.29 is 0 Å². The van der Waals surface area contributed by atoms with Crippen LogP contribution in [0.3, 0.4) is 0 Å². The fourth-order valence-corrected chi connectivity index (χ4v) is 1.59. The van der Waals surface area contributed by atoms with E-state index in [-0.39, 0.29) is 5.41 Å². The third kappa shape index (κ3) is 1.54. The number of aryl methyl sites for hydroxylation is 1. The Morgan fingerprint density at radius 1 is 1.43 bits per heavy atom. The van der Waals surface area contributed by atoms with Crippen LogP contribution in [0.2, 0.25) is 0 Å². The van der Waals surface area contributed by atoms with Crippen LogP contribution in [0.15, 0.2) is 12.3 Å². The van der Waals surface area contributed by atoms with Gasteiger partial charge in [0.05, 0.1) is 11.7 Å². The van der Waals surface area contributed by atoms with Crippen molar-refractivity contribution in [3.8, 4) is 0 Å². The van der Waals surface area contributed by atoms with E-state index in [0.717, 1.165) is 11.5 Å². The molecular weight excluding hydrogens is 174 g/mol. The highest BCUT2D eigenvalue weighted by Crippen LogP contribution is 2.24. The number of aromatic nitrogens is 2. The van der Waals surface area contributed by atoms with E-state index < -0.39 is 0 Å². The Hall–Kier alpha value is -1.25. The number of hydrogen-bond donors (Lipinski definition) is 1. The normalized spacial score (nSPS) is 20.4. The van der Waals surface area contributed by atoms with Crippen LogP contribution in [0, 0.1) is 12.3 Å². The van der Waals surface area contributed by atoms with E-state index in [1.54, 1.807) is 0 Å². The molecule has 2 heterocycles. The number of nitrogens with one attached hydrogen (secondary N) is 1. The van der Waals surface area contributed by atoms with Crippen LogP contribution in [0.1, 0.15) is 32.3 Å². The van der Waals surface area contributed by atoms with Gasteiger partial charge in [0.15, 0.2) is 5.82 Å². The Balaban J connectivity index is 2.29. The van der Waals surface area contributed by atoms with Crippen LogP contribution in [-0.2, 0) is 0 Å². The molecule has 1 aromatic rings. The first-order chi connectivity index (χ1) is 6.47. The predicted molar refractivity (Wildman–Crippen MR) is 58.6 cm³/mol. The van der Waals surface area contributed by atoms with E-state index in [9.17, 15) is 0 Å². The molecule has 0 saturated carbocycles. The van der Waals surface area contributed by atoms with Gasteiger partial charge in [-0.15, -0.1) is 0 Å². The molecule has 1 aliphatic heterocycles.